The summed E-state index contributed by atoms with van der Waals surface area (Å²) < 4.78 is 0. The fraction of sp³-hybridized carbons (Fsp3) is 0.500. The lowest BCUT2D eigenvalue weighted by Crippen LogP contribution is -2.31. The lowest BCUT2D eigenvalue weighted by Gasteiger charge is -2.18. The maximum absolute atomic E-state index is 6.06. The van der Waals surface area contributed by atoms with Crippen LogP contribution in [0.3, 0.4) is 0 Å². The molecule has 1 rings (SSSR count). The fourth-order valence-electron chi connectivity index (χ4n) is 1.46. The first-order valence-electron chi connectivity index (χ1n) is 5.11. The Bertz CT molecular complexity index is 329. The third kappa shape index (κ3) is 4.87. The molecule has 1 aromatic rings. The van der Waals surface area contributed by atoms with Crippen LogP contribution in [0.4, 0.5) is 0 Å². The second-order valence-corrected chi connectivity index (χ2v) is 5.42. The average Bonchev–Trinajstić information content (AvgIpc) is 2.07. The van der Waals surface area contributed by atoms with Crippen LogP contribution in [0.1, 0.15) is 32.3 Å². The van der Waals surface area contributed by atoms with E-state index in [9.17, 15) is 0 Å². The Balaban J connectivity index is 2.51. The number of hydrogen-bond acceptors (Lipinski definition) is 1. The first kappa shape index (κ1) is 12.8. The third-order valence-corrected chi connectivity index (χ3v) is 2.87. The maximum atomic E-state index is 6.06. The van der Waals surface area contributed by atoms with Gasteiger partial charge in [0, 0.05) is 15.6 Å². The van der Waals surface area contributed by atoms with Crippen molar-refractivity contribution in [2.75, 3.05) is 0 Å². The van der Waals surface area contributed by atoms with E-state index in [2.05, 4.69) is 0 Å². The van der Waals surface area contributed by atoms with Gasteiger partial charge in [-0.15, -0.1) is 0 Å². The molecule has 0 aliphatic rings. The zero-order chi connectivity index (χ0) is 11.5. The molecule has 3 heteroatoms. The van der Waals surface area contributed by atoms with Crippen molar-refractivity contribution in [3.63, 3.8) is 0 Å². The molecule has 0 aliphatic carbocycles. The summed E-state index contributed by atoms with van der Waals surface area (Å²) in [4.78, 5) is 0. The number of rotatable bonds is 4. The van der Waals surface area contributed by atoms with Crippen LogP contribution in [0.25, 0.3) is 0 Å². The molecule has 1 aromatic carbocycles. The van der Waals surface area contributed by atoms with Crippen LogP contribution in [0.5, 0.6) is 0 Å². The van der Waals surface area contributed by atoms with Crippen molar-refractivity contribution in [2.24, 2.45) is 5.73 Å². The number of aryl methyl sites for hydroxylation is 1. The topological polar surface area (TPSA) is 26.0 Å². The molecular formula is C12H17Cl2N. The van der Waals surface area contributed by atoms with Crippen molar-refractivity contribution in [1.82, 2.24) is 0 Å². The van der Waals surface area contributed by atoms with Crippen molar-refractivity contribution >= 4 is 23.2 Å². The molecule has 0 amide bonds. The standard InChI is InChI=1S/C12H17Cl2N/c1-12(2,15)7-3-4-9-5-6-10(13)8-11(9)14/h5-6,8H,3-4,7,15H2,1-2H3. The van der Waals surface area contributed by atoms with Crippen LogP contribution >= 0.6 is 23.2 Å². The number of hydrogen-bond donors (Lipinski definition) is 1. The highest BCUT2D eigenvalue weighted by atomic mass is 35.5. The van der Waals surface area contributed by atoms with Crippen molar-refractivity contribution in [1.29, 1.82) is 0 Å². The number of halogens is 2. The third-order valence-electron chi connectivity index (χ3n) is 2.28. The highest BCUT2D eigenvalue weighted by Crippen LogP contribution is 2.23. The summed E-state index contributed by atoms with van der Waals surface area (Å²) in [6, 6.07) is 5.64. The molecule has 0 aromatic heterocycles. The molecule has 0 unspecified atom stereocenters. The van der Waals surface area contributed by atoms with Crippen molar-refractivity contribution in [2.45, 2.75) is 38.6 Å². The molecule has 0 atom stereocenters. The van der Waals surface area contributed by atoms with E-state index in [1.165, 1.54) is 0 Å². The minimum Gasteiger partial charge on any atom is -0.326 e. The maximum Gasteiger partial charge on any atom is 0.0452 e. The smallest absolute Gasteiger partial charge is 0.0452 e. The molecule has 15 heavy (non-hydrogen) atoms. The second kappa shape index (κ2) is 5.20. The van der Waals surface area contributed by atoms with E-state index >= 15 is 0 Å². The highest BCUT2D eigenvalue weighted by molar-refractivity contribution is 6.35. The molecule has 0 aliphatic heterocycles. The van der Waals surface area contributed by atoms with Gasteiger partial charge in [0.05, 0.1) is 0 Å². The van der Waals surface area contributed by atoms with Gasteiger partial charge in [0.1, 0.15) is 0 Å². The minimum absolute atomic E-state index is 0.0983. The van der Waals surface area contributed by atoms with E-state index in [1.54, 1.807) is 6.07 Å². The van der Waals surface area contributed by atoms with Gasteiger partial charge < -0.3 is 5.73 Å². The molecule has 2 N–H and O–H groups in total. The van der Waals surface area contributed by atoms with E-state index < -0.39 is 0 Å². The van der Waals surface area contributed by atoms with Gasteiger partial charge in [-0.25, -0.2) is 0 Å². The molecule has 84 valence electrons. The average molecular weight is 246 g/mol. The van der Waals surface area contributed by atoms with Gasteiger partial charge in [0.15, 0.2) is 0 Å². The Labute approximate surface area is 102 Å². The van der Waals surface area contributed by atoms with Gasteiger partial charge in [0.25, 0.3) is 0 Å². The van der Waals surface area contributed by atoms with Gasteiger partial charge in [-0.2, -0.15) is 0 Å². The molecular weight excluding hydrogens is 229 g/mol. The van der Waals surface area contributed by atoms with Crippen LogP contribution in [0.15, 0.2) is 18.2 Å². The summed E-state index contributed by atoms with van der Waals surface area (Å²) >= 11 is 11.9. The Morgan fingerprint density at radius 1 is 1.27 bits per heavy atom. The molecule has 0 saturated carbocycles. The summed E-state index contributed by atoms with van der Waals surface area (Å²) in [5.41, 5.74) is 6.95. The van der Waals surface area contributed by atoms with Crippen molar-refractivity contribution in [3.8, 4) is 0 Å². The second-order valence-electron chi connectivity index (χ2n) is 4.58. The van der Waals surface area contributed by atoms with Crippen molar-refractivity contribution in [3.05, 3.63) is 33.8 Å². The molecule has 0 spiro atoms. The van der Waals surface area contributed by atoms with Crippen LogP contribution < -0.4 is 5.73 Å². The number of nitrogens with two attached hydrogens (primary N) is 1. The van der Waals surface area contributed by atoms with E-state index in [0.717, 1.165) is 29.8 Å². The Morgan fingerprint density at radius 2 is 1.93 bits per heavy atom. The predicted molar refractivity (Wildman–Crippen MR) is 67.7 cm³/mol. The quantitative estimate of drug-likeness (QED) is 0.851. The zero-order valence-electron chi connectivity index (χ0n) is 9.19. The lowest BCUT2D eigenvalue weighted by molar-refractivity contribution is 0.459. The van der Waals surface area contributed by atoms with Crippen LogP contribution in [-0.4, -0.2) is 5.54 Å². The van der Waals surface area contributed by atoms with E-state index in [1.807, 2.05) is 26.0 Å². The van der Waals surface area contributed by atoms with E-state index in [-0.39, 0.29) is 5.54 Å². The van der Waals surface area contributed by atoms with Gasteiger partial charge in [-0.1, -0.05) is 29.3 Å². The van der Waals surface area contributed by atoms with Crippen LogP contribution in [0, 0.1) is 0 Å². The summed E-state index contributed by atoms with van der Waals surface area (Å²) in [5, 5.41) is 1.43. The molecule has 0 saturated heterocycles. The predicted octanol–water partition coefficient (Wildman–Crippen LogP) is 4.05. The molecule has 0 radical (unpaired) electrons. The molecule has 0 fully saturated rings. The molecule has 1 nitrogen and oxygen atoms in total. The minimum atomic E-state index is -0.0983. The number of benzene rings is 1. The Morgan fingerprint density at radius 3 is 2.47 bits per heavy atom. The van der Waals surface area contributed by atoms with Gasteiger partial charge >= 0.3 is 0 Å². The highest BCUT2D eigenvalue weighted by Gasteiger charge is 2.10. The summed E-state index contributed by atoms with van der Waals surface area (Å²) in [5.74, 6) is 0. The van der Waals surface area contributed by atoms with Crippen LogP contribution in [-0.2, 0) is 6.42 Å². The Hall–Kier alpha value is -0.240. The summed E-state index contributed by atoms with van der Waals surface area (Å²) in [6.45, 7) is 4.08. The monoisotopic (exact) mass is 245 g/mol. The largest absolute Gasteiger partial charge is 0.326 e. The van der Waals surface area contributed by atoms with E-state index in [4.69, 9.17) is 28.9 Å². The normalized spacial score (nSPS) is 11.8. The molecule has 0 heterocycles. The van der Waals surface area contributed by atoms with Gasteiger partial charge in [-0.05, 0) is 50.8 Å². The zero-order valence-corrected chi connectivity index (χ0v) is 10.7. The SMILES string of the molecule is CC(C)(N)CCCc1ccc(Cl)cc1Cl. The lowest BCUT2D eigenvalue weighted by atomic mass is 9.97. The van der Waals surface area contributed by atoms with E-state index in [0.29, 0.717) is 5.02 Å². The fourth-order valence-corrected chi connectivity index (χ4v) is 1.96. The van der Waals surface area contributed by atoms with Gasteiger partial charge in [-0.3, -0.25) is 0 Å². The first-order valence-corrected chi connectivity index (χ1v) is 5.87. The van der Waals surface area contributed by atoms with Gasteiger partial charge in [0.2, 0.25) is 0 Å². The van der Waals surface area contributed by atoms with Crippen molar-refractivity contribution < 1.29 is 0 Å². The summed E-state index contributed by atoms with van der Waals surface area (Å²) in [6.07, 6.45) is 2.99. The molecule has 0 bridgehead atoms. The van der Waals surface area contributed by atoms with Crippen LogP contribution in [0.2, 0.25) is 10.0 Å². The Kier molecular flexibility index (Phi) is 4.45. The first-order chi connectivity index (χ1) is 6.88. The summed E-state index contributed by atoms with van der Waals surface area (Å²) in [7, 11) is 0.